The van der Waals surface area contributed by atoms with Crippen LogP contribution in [0.4, 0.5) is 0 Å². The number of aromatic nitrogens is 2. The molecule has 0 saturated carbocycles. The van der Waals surface area contributed by atoms with E-state index < -0.39 is 0 Å². The van der Waals surface area contributed by atoms with Crippen LogP contribution in [0.2, 0.25) is 0 Å². The minimum Gasteiger partial charge on any atom is -0.493 e. The van der Waals surface area contributed by atoms with Crippen LogP contribution in [0.25, 0.3) is 0 Å². The molecule has 0 fully saturated rings. The highest BCUT2D eigenvalue weighted by atomic mass is 16.5. The van der Waals surface area contributed by atoms with Crippen molar-refractivity contribution in [2.75, 3.05) is 13.2 Å². The van der Waals surface area contributed by atoms with Crippen molar-refractivity contribution in [1.29, 1.82) is 0 Å². The lowest BCUT2D eigenvalue weighted by Crippen LogP contribution is -2.21. The molecule has 1 aliphatic heterocycles. The predicted octanol–water partition coefficient (Wildman–Crippen LogP) is 2.85. The molecule has 5 nitrogen and oxygen atoms in total. The van der Waals surface area contributed by atoms with Crippen LogP contribution in [0.1, 0.15) is 49.5 Å². The number of nitrogens with one attached hydrogen (secondary N) is 1. The number of rotatable bonds is 5. The fourth-order valence-electron chi connectivity index (χ4n) is 2.53. The fourth-order valence-corrected chi connectivity index (χ4v) is 2.53. The summed E-state index contributed by atoms with van der Waals surface area (Å²) in [6.07, 6.45) is 1.98. The van der Waals surface area contributed by atoms with E-state index in [0.717, 1.165) is 31.0 Å². The summed E-state index contributed by atoms with van der Waals surface area (Å²) in [7, 11) is 0. The van der Waals surface area contributed by atoms with Gasteiger partial charge in [0.25, 0.3) is 0 Å². The average molecular weight is 287 g/mol. The van der Waals surface area contributed by atoms with E-state index in [9.17, 15) is 0 Å². The van der Waals surface area contributed by atoms with Crippen molar-refractivity contribution < 1.29 is 9.26 Å². The monoisotopic (exact) mass is 287 g/mol. The lowest BCUT2D eigenvalue weighted by molar-refractivity contribution is 0.253. The van der Waals surface area contributed by atoms with Crippen molar-refractivity contribution >= 4 is 0 Å². The number of hydrogen-bond acceptors (Lipinski definition) is 5. The molecule has 0 bridgehead atoms. The van der Waals surface area contributed by atoms with Crippen molar-refractivity contribution in [3.8, 4) is 5.75 Å². The minimum absolute atomic E-state index is 0.0861. The Morgan fingerprint density at radius 3 is 3.10 bits per heavy atom. The van der Waals surface area contributed by atoms with Gasteiger partial charge in [-0.2, -0.15) is 4.98 Å². The first kappa shape index (κ1) is 14.1. The molecule has 21 heavy (non-hydrogen) atoms. The molecule has 2 unspecified atom stereocenters. The van der Waals surface area contributed by atoms with Gasteiger partial charge in [0.15, 0.2) is 5.82 Å². The number of ether oxygens (including phenoxy) is 1. The predicted molar refractivity (Wildman–Crippen MR) is 79.4 cm³/mol. The molecule has 3 rings (SSSR count). The molecule has 2 heterocycles. The van der Waals surface area contributed by atoms with Crippen molar-refractivity contribution in [2.24, 2.45) is 0 Å². The Morgan fingerprint density at radius 2 is 2.24 bits per heavy atom. The maximum atomic E-state index is 5.79. The van der Waals surface area contributed by atoms with Crippen LogP contribution in [0.15, 0.2) is 28.8 Å². The molecule has 2 aromatic rings. The van der Waals surface area contributed by atoms with Crippen LogP contribution >= 0.6 is 0 Å². The van der Waals surface area contributed by atoms with Gasteiger partial charge in [-0.25, -0.2) is 0 Å². The second-order valence-electron chi connectivity index (χ2n) is 5.49. The van der Waals surface area contributed by atoms with Gasteiger partial charge >= 0.3 is 0 Å². The van der Waals surface area contributed by atoms with Gasteiger partial charge in [-0.05, 0) is 37.9 Å². The zero-order valence-electron chi connectivity index (χ0n) is 12.5. The molecule has 0 spiro atoms. The summed E-state index contributed by atoms with van der Waals surface area (Å²) in [4.78, 5) is 4.54. The Bertz CT molecular complexity index is 597. The quantitative estimate of drug-likeness (QED) is 0.916. The third kappa shape index (κ3) is 3.08. The SMILES string of the molecule is CCCNC(C)c1nc(C2COc3ccccc3C2)no1. The standard InChI is InChI=1S/C16H21N3O2/c1-3-8-17-11(2)16-18-15(19-21-16)13-9-12-6-4-5-7-14(12)20-10-13/h4-7,11,13,17H,3,8-10H2,1-2H3. The highest BCUT2D eigenvalue weighted by Gasteiger charge is 2.26. The molecular weight excluding hydrogens is 266 g/mol. The summed E-state index contributed by atoms with van der Waals surface area (Å²) >= 11 is 0. The summed E-state index contributed by atoms with van der Waals surface area (Å²) in [6, 6.07) is 8.20. The second kappa shape index (κ2) is 6.26. The smallest absolute Gasteiger partial charge is 0.243 e. The summed E-state index contributed by atoms with van der Waals surface area (Å²) in [5.41, 5.74) is 1.21. The molecule has 1 N–H and O–H groups in total. The van der Waals surface area contributed by atoms with Crippen LogP contribution in [0.3, 0.4) is 0 Å². The molecule has 0 amide bonds. The van der Waals surface area contributed by atoms with Gasteiger partial charge in [-0.1, -0.05) is 30.3 Å². The van der Waals surface area contributed by atoms with Crippen molar-refractivity contribution in [1.82, 2.24) is 15.5 Å². The van der Waals surface area contributed by atoms with E-state index in [4.69, 9.17) is 9.26 Å². The summed E-state index contributed by atoms with van der Waals surface area (Å²) in [6.45, 7) is 5.72. The third-order valence-electron chi connectivity index (χ3n) is 3.77. The Balaban J connectivity index is 1.70. The van der Waals surface area contributed by atoms with Crippen LogP contribution < -0.4 is 10.1 Å². The molecule has 0 saturated heterocycles. The zero-order chi connectivity index (χ0) is 14.7. The first-order chi connectivity index (χ1) is 10.3. The van der Waals surface area contributed by atoms with E-state index in [2.05, 4.69) is 28.4 Å². The Labute approximate surface area is 124 Å². The van der Waals surface area contributed by atoms with E-state index >= 15 is 0 Å². The van der Waals surface area contributed by atoms with Gasteiger partial charge in [0.2, 0.25) is 5.89 Å². The molecule has 0 aliphatic carbocycles. The second-order valence-corrected chi connectivity index (χ2v) is 5.49. The molecule has 1 aromatic carbocycles. The molecule has 5 heteroatoms. The first-order valence-electron chi connectivity index (χ1n) is 7.55. The van der Waals surface area contributed by atoms with E-state index in [-0.39, 0.29) is 12.0 Å². The van der Waals surface area contributed by atoms with Crippen molar-refractivity contribution in [3.05, 3.63) is 41.5 Å². The normalized spacial score (nSPS) is 18.9. The van der Waals surface area contributed by atoms with Gasteiger partial charge in [0.1, 0.15) is 5.75 Å². The molecule has 112 valence electrons. The van der Waals surface area contributed by atoms with Crippen LogP contribution in [-0.2, 0) is 6.42 Å². The average Bonchev–Trinajstić information content (AvgIpc) is 3.02. The topological polar surface area (TPSA) is 60.2 Å². The van der Waals surface area contributed by atoms with E-state index in [1.54, 1.807) is 0 Å². The van der Waals surface area contributed by atoms with Gasteiger partial charge in [-0.15, -0.1) is 0 Å². The highest BCUT2D eigenvalue weighted by molar-refractivity contribution is 5.36. The van der Waals surface area contributed by atoms with Gasteiger partial charge in [-0.3, -0.25) is 0 Å². The van der Waals surface area contributed by atoms with Crippen LogP contribution in [0.5, 0.6) is 5.75 Å². The number of fused-ring (bicyclic) bond motifs is 1. The van der Waals surface area contributed by atoms with Crippen molar-refractivity contribution in [3.63, 3.8) is 0 Å². The Kier molecular flexibility index (Phi) is 4.20. The largest absolute Gasteiger partial charge is 0.493 e. The van der Waals surface area contributed by atoms with E-state index in [1.807, 2.05) is 25.1 Å². The van der Waals surface area contributed by atoms with E-state index in [1.165, 1.54) is 5.56 Å². The lowest BCUT2D eigenvalue weighted by Gasteiger charge is -2.22. The van der Waals surface area contributed by atoms with Gasteiger partial charge in [0.05, 0.1) is 18.6 Å². The van der Waals surface area contributed by atoms with Gasteiger partial charge in [0, 0.05) is 0 Å². The zero-order valence-corrected chi connectivity index (χ0v) is 12.5. The van der Waals surface area contributed by atoms with E-state index in [0.29, 0.717) is 12.5 Å². The Morgan fingerprint density at radius 1 is 1.38 bits per heavy atom. The molecule has 0 radical (unpaired) electrons. The number of para-hydroxylation sites is 1. The maximum absolute atomic E-state index is 5.79. The number of hydrogen-bond donors (Lipinski definition) is 1. The maximum Gasteiger partial charge on any atom is 0.243 e. The molecule has 1 aromatic heterocycles. The fraction of sp³-hybridized carbons (Fsp3) is 0.500. The molecule has 2 atom stereocenters. The first-order valence-corrected chi connectivity index (χ1v) is 7.55. The number of nitrogens with zero attached hydrogens (tertiary/aromatic N) is 2. The lowest BCUT2D eigenvalue weighted by atomic mass is 9.96. The summed E-state index contributed by atoms with van der Waals surface area (Å²) in [5, 5.41) is 7.49. The van der Waals surface area contributed by atoms with Crippen LogP contribution in [0, 0.1) is 0 Å². The highest BCUT2D eigenvalue weighted by Crippen LogP contribution is 2.31. The van der Waals surface area contributed by atoms with Crippen LogP contribution in [-0.4, -0.2) is 23.3 Å². The molecular formula is C16H21N3O2. The number of benzene rings is 1. The third-order valence-corrected chi connectivity index (χ3v) is 3.77. The van der Waals surface area contributed by atoms with Crippen molar-refractivity contribution in [2.45, 2.75) is 38.6 Å². The summed E-state index contributed by atoms with van der Waals surface area (Å²) < 4.78 is 11.2. The molecule has 1 aliphatic rings. The minimum atomic E-state index is 0.0861. The van der Waals surface area contributed by atoms with Gasteiger partial charge < -0.3 is 14.6 Å². The summed E-state index contributed by atoms with van der Waals surface area (Å²) in [5.74, 6) is 2.52. The Hall–Kier alpha value is -1.88.